The van der Waals surface area contributed by atoms with Crippen molar-refractivity contribution in [3.8, 4) is 5.75 Å². The summed E-state index contributed by atoms with van der Waals surface area (Å²) >= 11 is 4.19. The molecule has 0 aliphatic heterocycles. The van der Waals surface area contributed by atoms with Gasteiger partial charge in [-0.25, -0.2) is 4.39 Å². The molecule has 0 saturated heterocycles. The maximum Gasteiger partial charge on any atom is 0.126 e. The van der Waals surface area contributed by atoms with Crippen LogP contribution in [0.4, 0.5) is 4.39 Å². The van der Waals surface area contributed by atoms with Gasteiger partial charge in [0.1, 0.15) is 11.6 Å². The Labute approximate surface area is 102 Å². The Morgan fingerprint density at radius 3 is 2.81 bits per heavy atom. The fraction of sp³-hybridized carbons (Fsp3) is 0.538. The van der Waals surface area contributed by atoms with Crippen molar-refractivity contribution in [2.24, 2.45) is 5.92 Å². The zero-order valence-electron chi connectivity index (χ0n) is 9.87. The van der Waals surface area contributed by atoms with Crippen LogP contribution in [-0.2, 0) is 0 Å². The van der Waals surface area contributed by atoms with E-state index in [2.05, 4.69) is 19.6 Å². The molecule has 0 heterocycles. The second-order valence-electron chi connectivity index (χ2n) is 4.16. The lowest BCUT2D eigenvalue weighted by molar-refractivity contribution is 0.279. The third kappa shape index (κ3) is 4.44. The first-order valence-corrected chi connectivity index (χ1v) is 6.26. The number of halogens is 1. The molecule has 0 fully saturated rings. The minimum absolute atomic E-state index is 0.246. The highest BCUT2D eigenvalue weighted by Crippen LogP contribution is 2.19. The van der Waals surface area contributed by atoms with Crippen molar-refractivity contribution in [1.29, 1.82) is 0 Å². The maximum absolute atomic E-state index is 13.0. The molecule has 0 radical (unpaired) electrons. The van der Waals surface area contributed by atoms with Gasteiger partial charge < -0.3 is 4.74 Å². The first-order chi connectivity index (χ1) is 7.63. The highest BCUT2D eigenvalue weighted by atomic mass is 32.1. The van der Waals surface area contributed by atoms with Gasteiger partial charge >= 0.3 is 0 Å². The molecule has 16 heavy (non-hydrogen) atoms. The van der Waals surface area contributed by atoms with Crippen molar-refractivity contribution >= 4 is 12.6 Å². The zero-order valence-corrected chi connectivity index (χ0v) is 10.8. The number of ether oxygens (including phenoxy) is 1. The van der Waals surface area contributed by atoms with Gasteiger partial charge in [0.05, 0.1) is 6.61 Å². The summed E-state index contributed by atoms with van der Waals surface area (Å²) in [6.45, 7) is 4.74. The van der Waals surface area contributed by atoms with Crippen LogP contribution in [0.2, 0.25) is 0 Å². The van der Waals surface area contributed by atoms with Gasteiger partial charge in [0.2, 0.25) is 0 Å². The lowest BCUT2D eigenvalue weighted by Crippen LogP contribution is -2.05. The molecule has 90 valence electrons. The standard InChI is InChI=1S/C13H19FOS/c1-10(6-8-16)5-7-15-13-9-12(14)4-3-11(13)2/h3-4,9-10,16H,5-8H2,1-2H3. The minimum Gasteiger partial charge on any atom is -0.493 e. The van der Waals surface area contributed by atoms with Crippen LogP contribution in [0.15, 0.2) is 18.2 Å². The monoisotopic (exact) mass is 242 g/mol. The molecule has 1 aromatic carbocycles. The molecule has 0 aliphatic carbocycles. The highest BCUT2D eigenvalue weighted by molar-refractivity contribution is 7.80. The van der Waals surface area contributed by atoms with Crippen LogP contribution in [-0.4, -0.2) is 12.4 Å². The van der Waals surface area contributed by atoms with Crippen molar-refractivity contribution in [2.75, 3.05) is 12.4 Å². The molecule has 1 atom stereocenters. The first-order valence-electron chi connectivity index (χ1n) is 5.63. The van der Waals surface area contributed by atoms with Crippen molar-refractivity contribution in [1.82, 2.24) is 0 Å². The molecule has 0 amide bonds. The van der Waals surface area contributed by atoms with E-state index in [0.717, 1.165) is 24.2 Å². The summed E-state index contributed by atoms with van der Waals surface area (Å²) in [7, 11) is 0. The third-order valence-electron chi connectivity index (χ3n) is 2.64. The van der Waals surface area contributed by atoms with Crippen LogP contribution in [0.5, 0.6) is 5.75 Å². The molecular weight excluding hydrogens is 223 g/mol. The van der Waals surface area contributed by atoms with E-state index >= 15 is 0 Å². The SMILES string of the molecule is Cc1ccc(F)cc1OCCC(C)CCS. The number of aryl methyl sites for hydroxylation is 1. The summed E-state index contributed by atoms with van der Waals surface area (Å²) in [6.07, 6.45) is 2.07. The average molecular weight is 242 g/mol. The largest absolute Gasteiger partial charge is 0.493 e. The summed E-state index contributed by atoms with van der Waals surface area (Å²) < 4.78 is 18.5. The zero-order chi connectivity index (χ0) is 12.0. The molecule has 0 N–H and O–H groups in total. The Balaban J connectivity index is 2.39. The Morgan fingerprint density at radius 2 is 2.12 bits per heavy atom. The molecule has 0 aliphatic rings. The molecule has 1 unspecified atom stereocenters. The van der Waals surface area contributed by atoms with E-state index in [4.69, 9.17) is 4.74 Å². The highest BCUT2D eigenvalue weighted by Gasteiger charge is 2.04. The molecule has 1 rings (SSSR count). The number of benzene rings is 1. The van der Waals surface area contributed by atoms with Crippen molar-refractivity contribution < 1.29 is 9.13 Å². The molecule has 1 aromatic rings. The molecule has 1 nitrogen and oxygen atoms in total. The van der Waals surface area contributed by atoms with Crippen LogP contribution < -0.4 is 4.74 Å². The van der Waals surface area contributed by atoms with Gasteiger partial charge in [-0.05, 0) is 43.1 Å². The van der Waals surface area contributed by atoms with E-state index in [1.54, 1.807) is 6.07 Å². The number of rotatable bonds is 6. The smallest absolute Gasteiger partial charge is 0.126 e. The van der Waals surface area contributed by atoms with E-state index in [-0.39, 0.29) is 5.82 Å². The molecule has 0 saturated carbocycles. The quantitative estimate of drug-likeness (QED) is 0.745. The third-order valence-corrected chi connectivity index (χ3v) is 2.90. The van der Waals surface area contributed by atoms with Crippen molar-refractivity contribution in [3.05, 3.63) is 29.6 Å². The van der Waals surface area contributed by atoms with Gasteiger partial charge in [-0.3, -0.25) is 0 Å². The minimum atomic E-state index is -0.246. The fourth-order valence-corrected chi connectivity index (χ4v) is 1.90. The number of thiol groups is 1. The summed E-state index contributed by atoms with van der Waals surface area (Å²) in [5, 5.41) is 0. The van der Waals surface area contributed by atoms with Crippen LogP contribution in [0.1, 0.15) is 25.3 Å². The van der Waals surface area contributed by atoms with Gasteiger partial charge in [-0.15, -0.1) is 0 Å². The van der Waals surface area contributed by atoms with E-state index in [9.17, 15) is 4.39 Å². The Kier molecular flexibility index (Phi) is 5.67. The summed E-state index contributed by atoms with van der Waals surface area (Å²) in [6, 6.07) is 4.63. The lowest BCUT2D eigenvalue weighted by Gasteiger charge is -2.12. The number of hydrogen-bond donors (Lipinski definition) is 1. The van der Waals surface area contributed by atoms with E-state index < -0.39 is 0 Å². The Morgan fingerprint density at radius 1 is 1.38 bits per heavy atom. The topological polar surface area (TPSA) is 9.23 Å². The molecule has 0 aromatic heterocycles. The fourth-order valence-electron chi connectivity index (χ4n) is 1.46. The molecule has 0 bridgehead atoms. The van der Waals surface area contributed by atoms with Gasteiger partial charge in [0.25, 0.3) is 0 Å². The first kappa shape index (κ1) is 13.4. The van der Waals surface area contributed by atoms with Crippen molar-refractivity contribution in [3.63, 3.8) is 0 Å². The van der Waals surface area contributed by atoms with Crippen LogP contribution >= 0.6 is 12.6 Å². The second kappa shape index (κ2) is 6.79. The van der Waals surface area contributed by atoms with Gasteiger partial charge in [-0.1, -0.05) is 13.0 Å². The maximum atomic E-state index is 13.0. The predicted octanol–water partition coefficient (Wildman–Crippen LogP) is 3.86. The Bertz CT molecular complexity index is 328. The van der Waals surface area contributed by atoms with Crippen LogP contribution in [0.25, 0.3) is 0 Å². The lowest BCUT2D eigenvalue weighted by atomic mass is 10.1. The van der Waals surface area contributed by atoms with Gasteiger partial charge in [0, 0.05) is 6.07 Å². The van der Waals surface area contributed by atoms with Crippen LogP contribution in [0.3, 0.4) is 0 Å². The summed E-state index contributed by atoms with van der Waals surface area (Å²) in [4.78, 5) is 0. The summed E-state index contributed by atoms with van der Waals surface area (Å²) in [5.41, 5.74) is 0.975. The predicted molar refractivity (Wildman–Crippen MR) is 68.9 cm³/mol. The van der Waals surface area contributed by atoms with Crippen LogP contribution in [0, 0.1) is 18.7 Å². The van der Waals surface area contributed by atoms with E-state index in [1.807, 2.05) is 6.92 Å². The van der Waals surface area contributed by atoms with Gasteiger partial charge in [0.15, 0.2) is 0 Å². The number of hydrogen-bond acceptors (Lipinski definition) is 2. The molecular formula is C13H19FOS. The van der Waals surface area contributed by atoms with E-state index in [1.165, 1.54) is 12.1 Å². The van der Waals surface area contributed by atoms with E-state index in [0.29, 0.717) is 18.3 Å². The van der Waals surface area contributed by atoms with Crippen molar-refractivity contribution in [2.45, 2.75) is 26.7 Å². The van der Waals surface area contributed by atoms with Gasteiger partial charge in [-0.2, -0.15) is 12.6 Å². The normalized spacial score (nSPS) is 12.5. The summed E-state index contributed by atoms with van der Waals surface area (Å²) in [5.74, 6) is 1.91. The molecule has 3 heteroatoms. The average Bonchev–Trinajstić information content (AvgIpc) is 2.23. The second-order valence-corrected chi connectivity index (χ2v) is 4.61. The molecule has 0 spiro atoms. The Hall–Kier alpha value is -0.700.